The first-order valence-electron chi connectivity index (χ1n) is 7.86. The van der Waals surface area contributed by atoms with Crippen molar-refractivity contribution in [2.24, 2.45) is 0 Å². The van der Waals surface area contributed by atoms with Gasteiger partial charge >= 0.3 is 0 Å². The Balaban J connectivity index is 1.95. The number of anilines is 1. The molecule has 130 valence electrons. The maximum atomic E-state index is 13.7. The molecule has 4 heterocycles. The van der Waals surface area contributed by atoms with Gasteiger partial charge in [0.05, 0.1) is 10.9 Å². The van der Waals surface area contributed by atoms with Gasteiger partial charge in [-0.3, -0.25) is 0 Å². The number of alkyl halides is 2. The van der Waals surface area contributed by atoms with E-state index < -0.39 is 5.92 Å². The molecule has 1 aliphatic heterocycles. The smallest absolute Gasteiger partial charge is 0.287 e. The first-order valence-corrected chi connectivity index (χ1v) is 8.24. The Morgan fingerprint density at radius 2 is 1.96 bits per heavy atom. The summed E-state index contributed by atoms with van der Waals surface area (Å²) >= 11 is 6.03. The lowest BCUT2D eigenvalue weighted by Crippen LogP contribution is -2.37. The molecule has 0 N–H and O–H groups in total. The van der Waals surface area contributed by atoms with Gasteiger partial charge in [-0.2, -0.15) is 8.78 Å². The molecular formula is C16H15ClF2N6. The van der Waals surface area contributed by atoms with E-state index in [0.717, 1.165) is 37.6 Å². The van der Waals surface area contributed by atoms with Crippen molar-refractivity contribution in [3.8, 4) is 5.82 Å². The highest BCUT2D eigenvalue weighted by atomic mass is 35.5. The van der Waals surface area contributed by atoms with E-state index in [-0.39, 0.29) is 17.3 Å². The Bertz CT molecular complexity index is 961. The average Bonchev–Trinajstić information content (AvgIpc) is 2.82. The molecule has 0 amide bonds. The molecule has 0 unspecified atom stereocenters. The minimum absolute atomic E-state index is 0.253. The molecule has 4 rings (SSSR count). The lowest BCUT2D eigenvalue weighted by atomic mass is 10.2. The quantitative estimate of drug-likeness (QED) is 0.666. The third-order valence-electron chi connectivity index (χ3n) is 4.16. The van der Waals surface area contributed by atoms with Gasteiger partial charge in [-0.1, -0.05) is 11.6 Å². The fraction of sp³-hybridized carbons (Fsp3) is 0.375. The second-order valence-corrected chi connectivity index (χ2v) is 6.53. The number of pyridine rings is 1. The minimum Gasteiger partial charge on any atom is -0.354 e. The lowest BCUT2D eigenvalue weighted by molar-refractivity contribution is 0.0124. The van der Waals surface area contributed by atoms with Crippen LogP contribution < -0.4 is 4.90 Å². The highest BCUT2D eigenvalue weighted by Gasteiger charge is 2.29. The summed E-state index contributed by atoms with van der Waals surface area (Å²) in [6.45, 7) is 4.19. The number of aromatic nitrogens is 5. The molecule has 1 aliphatic rings. The Morgan fingerprint density at radius 3 is 2.60 bits per heavy atom. The van der Waals surface area contributed by atoms with Crippen LogP contribution in [0.1, 0.15) is 24.9 Å². The third-order valence-corrected chi connectivity index (χ3v) is 4.37. The first kappa shape index (κ1) is 16.1. The van der Waals surface area contributed by atoms with Crippen LogP contribution in [0.3, 0.4) is 0 Å². The second kappa shape index (κ2) is 5.59. The number of halogens is 3. The maximum absolute atomic E-state index is 13.7. The van der Waals surface area contributed by atoms with Crippen LogP contribution >= 0.6 is 11.6 Å². The molecule has 1 fully saturated rings. The Morgan fingerprint density at radius 1 is 1.20 bits per heavy atom. The zero-order valence-corrected chi connectivity index (χ0v) is 14.4. The average molecular weight is 365 g/mol. The maximum Gasteiger partial charge on any atom is 0.287 e. The largest absolute Gasteiger partial charge is 0.354 e. The molecule has 0 atom stereocenters. The van der Waals surface area contributed by atoms with Crippen LogP contribution in [0.2, 0.25) is 5.15 Å². The monoisotopic (exact) mass is 364 g/mol. The fourth-order valence-corrected chi connectivity index (χ4v) is 2.94. The van der Waals surface area contributed by atoms with Gasteiger partial charge in [-0.15, -0.1) is 5.10 Å². The first-order chi connectivity index (χ1) is 11.8. The lowest BCUT2D eigenvalue weighted by Gasteiger charge is -2.31. The fourth-order valence-electron chi connectivity index (χ4n) is 2.79. The summed E-state index contributed by atoms with van der Waals surface area (Å²) in [5, 5.41) is 5.71. The molecule has 6 nitrogen and oxygen atoms in total. The molecule has 0 aliphatic carbocycles. The van der Waals surface area contributed by atoms with Gasteiger partial charge in [0.1, 0.15) is 16.7 Å². The van der Waals surface area contributed by atoms with E-state index in [1.807, 2.05) is 0 Å². The van der Waals surface area contributed by atoms with Crippen molar-refractivity contribution in [3.05, 3.63) is 35.0 Å². The van der Waals surface area contributed by atoms with Crippen molar-refractivity contribution in [2.75, 3.05) is 18.0 Å². The molecule has 3 aromatic rings. The Labute approximate surface area is 147 Å². The highest BCUT2D eigenvalue weighted by molar-refractivity contribution is 6.30. The molecule has 0 bridgehead atoms. The van der Waals surface area contributed by atoms with Crippen molar-refractivity contribution in [2.45, 2.75) is 26.2 Å². The van der Waals surface area contributed by atoms with Crippen LogP contribution in [0.4, 0.5) is 14.6 Å². The summed E-state index contributed by atoms with van der Waals surface area (Å²) < 4.78 is 29.0. The summed E-state index contributed by atoms with van der Waals surface area (Å²) in [5.74, 6) is -1.77. The van der Waals surface area contributed by atoms with E-state index in [0.29, 0.717) is 10.7 Å². The number of hydrogen-bond donors (Lipinski definition) is 0. The number of aryl methyl sites for hydroxylation is 1. The predicted octanol–water partition coefficient (Wildman–Crippen LogP) is 3.49. The van der Waals surface area contributed by atoms with Crippen molar-refractivity contribution in [1.82, 2.24) is 24.7 Å². The van der Waals surface area contributed by atoms with E-state index >= 15 is 0 Å². The van der Waals surface area contributed by atoms with E-state index in [2.05, 4.69) is 25.0 Å². The molecule has 0 radical (unpaired) electrons. The summed E-state index contributed by atoms with van der Waals surface area (Å²) in [4.78, 5) is 14.4. The van der Waals surface area contributed by atoms with Crippen LogP contribution in [-0.4, -0.2) is 37.8 Å². The van der Waals surface area contributed by atoms with Crippen LogP contribution in [0, 0.1) is 6.92 Å². The van der Waals surface area contributed by atoms with Crippen LogP contribution in [0.5, 0.6) is 0 Å². The van der Waals surface area contributed by atoms with Gasteiger partial charge in [-0.05, 0) is 13.3 Å². The number of fused-ring (bicyclic) bond motifs is 1. The van der Waals surface area contributed by atoms with Crippen LogP contribution in [0.15, 0.2) is 18.3 Å². The number of nitrogens with zero attached hydrogens (tertiary/aromatic N) is 6. The summed E-state index contributed by atoms with van der Waals surface area (Å²) in [6, 6.07) is 2.92. The van der Waals surface area contributed by atoms with Gasteiger partial charge in [0.15, 0.2) is 11.6 Å². The van der Waals surface area contributed by atoms with Crippen molar-refractivity contribution < 1.29 is 8.78 Å². The molecule has 0 saturated carbocycles. The van der Waals surface area contributed by atoms with Crippen molar-refractivity contribution >= 4 is 28.3 Å². The zero-order chi connectivity index (χ0) is 17.8. The number of rotatable bonds is 3. The standard InChI is InChI=1S/C16H15ClF2N6/c1-9-21-12(16(2,18)19)7-14(22-9)25-11-6-13(17)20-8-10(11)15(23-25)24-4-3-5-24/h6-8H,3-5H2,1-2H3. The molecule has 9 heteroatoms. The Kier molecular flexibility index (Phi) is 3.61. The van der Waals surface area contributed by atoms with Crippen molar-refractivity contribution in [3.63, 3.8) is 0 Å². The minimum atomic E-state index is -3.06. The topological polar surface area (TPSA) is 59.7 Å². The molecular weight excluding hydrogens is 350 g/mol. The van der Waals surface area contributed by atoms with E-state index in [4.69, 9.17) is 11.6 Å². The number of hydrogen-bond acceptors (Lipinski definition) is 5. The van der Waals surface area contributed by atoms with Gasteiger partial charge < -0.3 is 4.90 Å². The normalized spacial score (nSPS) is 14.8. The SMILES string of the molecule is Cc1nc(-n2nc(N3CCC3)c3cnc(Cl)cc32)cc(C(C)(F)F)n1. The third kappa shape index (κ3) is 2.80. The van der Waals surface area contributed by atoms with E-state index in [9.17, 15) is 8.78 Å². The van der Waals surface area contributed by atoms with Gasteiger partial charge in [-0.25, -0.2) is 19.6 Å². The van der Waals surface area contributed by atoms with Gasteiger partial charge in [0.25, 0.3) is 5.92 Å². The van der Waals surface area contributed by atoms with E-state index in [1.54, 1.807) is 19.2 Å². The highest BCUT2D eigenvalue weighted by Crippen LogP contribution is 2.32. The van der Waals surface area contributed by atoms with Crippen molar-refractivity contribution in [1.29, 1.82) is 0 Å². The summed E-state index contributed by atoms with van der Waals surface area (Å²) in [6.07, 6.45) is 2.74. The summed E-state index contributed by atoms with van der Waals surface area (Å²) in [5.41, 5.74) is 0.328. The Hall–Kier alpha value is -2.35. The zero-order valence-electron chi connectivity index (χ0n) is 13.7. The predicted molar refractivity (Wildman–Crippen MR) is 90.6 cm³/mol. The molecule has 25 heavy (non-hydrogen) atoms. The van der Waals surface area contributed by atoms with Gasteiger partial charge in [0.2, 0.25) is 0 Å². The molecule has 1 saturated heterocycles. The van der Waals surface area contributed by atoms with Crippen LogP contribution in [-0.2, 0) is 5.92 Å². The molecule has 0 aromatic carbocycles. The van der Waals surface area contributed by atoms with Crippen LogP contribution in [0.25, 0.3) is 16.7 Å². The summed E-state index contributed by atoms with van der Waals surface area (Å²) in [7, 11) is 0. The van der Waals surface area contributed by atoms with E-state index in [1.165, 1.54) is 10.7 Å². The molecule has 0 spiro atoms. The molecule has 3 aromatic heterocycles. The van der Waals surface area contributed by atoms with Gasteiger partial charge in [0, 0.05) is 38.3 Å². The second-order valence-electron chi connectivity index (χ2n) is 6.15.